The zero-order valence-corrected chi connectivity index (χ0v) is 11.8. The van der Waals surface area contributed by atoms with Crippen LogP contribution in [-0.2, 0) is 6.42 Å². The van der Waals surface area contributed by atoms with Crippen molar-refractivity contribution in [2.45, 2.75) is 46.1 Å². The Labute approximate surface area is 111 Å². The fraction of sp³-hybridized carbons (Fsp3) is 0.500. The summed E-state index contributed by atoms with van der Waals surface area (Å²) in [5, 5.41) is 11.1. The Kier molecular flexibility index (Phi) is 2.79. The molecule has 0 amide bonds. The van der Waals surface area contributed by atoms with Gasteiger partial charge in [-0.1, -0.05) is 0 Å². The van der Waals surface area contributed by atoms with E-state index in [9.17, 15) is 5.11 Å². The van der Waals surface area contributed by atoms with E-state index >= 15 is 0 Å². The van der Waals surface area contributed by atoms with Gasteiger partial charge >= 0.3 is 0 Å². The van der Waals surface area contributed by atoms with Gasteiger partial charge in [-0.25, -0.2) is 4.98 Å². The van der Waals surface area contributed by atoms with Crippen LogP contribution in [0.3, 0.4) is 0 Å². The number of nitrogens with zero attached hydrogens (tertiary/aromatic N) is 2. The van der Waals surface area contributed by atoms with Crippen LogP contribution in [0.15, 0.2) is 6.07 Å². The zero-order chi connectivity index (χ0) is 12.9. The van der Waals surface area contributed by atoms with Crippen LogP contribution in [-0.4, -0.2) is 14.7 Å². The van der Waals surface area contributed by atoms with Crippen molar-refractivity contribution in [1.29, 1.82) is 0 Å². The van der Waals surface area contributed by atoms with Crippen LogP contribution < -0.4 is 0 Å². The standard InChI is InChI=1S/C14H18N2OS/c1-8-7-11-12(5-4-6-13(11)17)16(8)14-15-9(2)10(3)18-14/h7,13,17H,4-6H2,1-3H3. The zero-order valence-electron chi connectivity index (χ0n) is 11.0. The number of aliphatic hydroxyl groups is 1. The molecule has 2 aromatic rings. The Hall–Kier alpha value is -1.13. The third-order valence-electron chi connectivity index (χ3n) is 3.78. The maximum Gasteiger partial charge on any atom is 0.194 e. The minimum Gasteiger partial charge on any atom is -0.388 e. The molecule has 1 atom stereocenters. The van der Waals surface area contributed by atoms with Gasteiger partial charge in [0.05, 0.1) is 11.8 Å². The lowest BCUT2D eigenvalue weighted by molar-refractivity contribution is 0.156. The average molecular weight is 262 g/mol. The molecule has 1 unspecified atom stereocenters. The fourth-order valence-electron chi connectivity index (χ4n) is 2.70. The van der Waals surface area contributed by atoms with E-state index in [1.807, 2.05) is 0 Å². The normalized spacial score (nSPS) is 19.0. The summed E-state index contributed by atoms with van der Waals surface area (Å²) in [6, 6.07) is 2.12. The minimum absolute atomic E-state index is 0.296. The quantitative estimate of drug-likeness (QED) is 0.857. The number of aliphatic hydroxyl groups excluding tert-OH is 1. The van der Waals surface area contributed by atoms with Gasteiger partial charge in [0.15, 0.2) is 5.13 Å². The molecule has 0 saturated carbocycles. The molecule has 0 aromatic carbocycles. The smallest absolute Gasteiger partial charge is 0.194 e. The molecule has 0 saturated heterocycles. The van der Waals surface area contributed by atoms with E-state index in [-0.39, 0.29) is 6.10 Å². The Morgan fingerprint density at radius 2 is 2.17 bits per heavy atom. The minimum atomic E-state index is -0.296. The molecule has 96 valence electrons. The largest absolute Gasteiger partial charge is 0.388 e. The van der Waals surface area contributed by atoms with E-state index in [0.29, 0.717) is 0 Å². The highest BCUT2D eigenvalue weighted by molar-refractivity contribution is 7.14. The third-order valence-corrected chi connectivity index (χ3v) is 4.84. The maximum absolute atomic E-state index is 10.1. The second-order valence-electron chi connectivity index (χ2n) is 5.07. The number of aryl methyl sites for hydroxylation is 3. The first-order chi connectivity index (χ1) is 8.58. The maximum atomic E-state index is 10.1. The van der Waals surface area contributed by atoms with E-state index in [0.717, 1.165) is 35.7 Å². The van der Waals surface area contributed by atoms with Gasteiger partial charge in [0, 0.05) is 21.8 Å². The van der Waals surface area contributed by atoms with Crippen LogP contribution in [0.1, 0.15) is 46.5 Å². The Morgan fingerprint density at radius 1 is 1.39 bits per heavy atom. The SMILES string of the molecule is Cc1nc(-n2c(C)cc3c2CCCC3O)sc1C. The molecule has 2 aromatic heterocycles. The van der Waals surface area contributed by atoms with Gasteiger partial charge < -0.3 is 5.11 Å². The molecule has 4 heteroatoms. The van der Waals surface area contributed by atoms with Gasteiger partial charge in [0.1, 0.15) is 0 Å². The first-order valence-corrected chi connectivity index (χ1v) is 7.23. The van der Waals surface area contributed by atoms with Crippen molar-refractivity contribution in [1.82, 2.24) is 9.55 Å². The van der Waals surface area contributed by atoms with Gasteiger partial charge in [0.25, 0.3) is 0 Å². The van der Waals surface area contributed by atoms with Gasteiger partial charge in [-0.05, 0) is 46.1 Å². The summed E-state index contributed by atoms with van der Waals surface area (Å²) in [6.45, 7) is 6.25. The molecule has 3 rings (SSSR count). The van der Waals surface area contributed by atoms with E-state index in [4.69, 9.17) is 0 Å². The summed E-state index contributed by atoms with van der Waals surface area (Å²) < 4.78 is 2.22. The van der Waals surface area contributed by atoms with Crippen molar-refractivity contribution in [3.8, 4) is 5.13 Å². The lowest BCUT2D eigenvalue weighted by atomic mass is 9.95. The van der Waals surface area contributed by atoms with Crippen LogP contribution in [0.25, 0.3) is 5.13 Å². The van der Waals surface area contributed by atoms with Crippen LogP contribution in [0.4, 0.5) is 0 Å². The molecule has 0 spiro atoms. The lowest BCUT2D eigenvalue weighted by Crippen LogP contribution is -2.11. The molecule has 0 fully saturated rings. The Morgan fingerprint density at radius 3 is 2.83 bits per heavy atom. The molecule has 2 heterocycles. The number of hydrogen-bond donors (Lipinski definition) is 1. The Bertz CT molecular complexity index is 578. The molecule has 18 heavy (non-hydrogen) atoms. The molecular formula is C14H18N2OS. The van der Waals surface area contributed by atoms with Gasteiger partial charge in [-0.2, -0.15) is 0 Å². The number of rotatable bonds is 1. The summed E-state index contributed by atoms with van der Waals surface area (Å²) in [5.41, 5.74) is 4.63. The molecule has 0 radical (unpaired) electrons. The highest BCUT2D eigenvalue weighted by atomic mass is 32.1. The topological polar surface area (TPSA) is 38.0 Å². The molecule has 3 nitrogen and oxygen atoms in total. The molecule has 1 N–H and O–H groups in total. The van der Waals surface area contributed by atoms with Crippen molar-refractivity contribution < 1.29 is 5.11 Å². The van der Waals surface area contributed by atoms with E-state index in [1.54, 1.807) is 11.3 Å². The summed E-state index contributed by atoms with van der Waals surface area (Å²) in [5.74, 6) is 0. The van der Waals surface area contributed by atoms with E-state index in [2.05, 4.69) is 36.4 Å². The summed E-state index contributed by atoms with van der Waals surface area (Å²) in [7, 11) is 0. The number of fused-ring (bicyclic) bond motifs is 1. The highest BCUT2D eigenvalue weighted by Crippen LogP contribution is 2.35. The van der Waals surface area contributed by atoms with Crippen molar-refractivity contribution in [2.24, 2.45) is 0 Å². The van der Waals surface area contributed by atoms with Crippen molar-refractivity contribution in [3.63, 3.8) is 0 Å². The molecule has 1 aliphatic rings. The van der Waals surface area contributed by atoms with Crippen LogP contribution >= 0.6 is 11.3 Å². The van der Waals surface area contributed by atoms with Crippen molar-refractivity contribution >= 4 is 11.3 Å². The summed E-state index contributed by atoms with van der Waals surface area (Å²) in [4.78, 5) is 5.91. The van der Waals surface area contributed by atoms with E-state index in [1.165, 1.54) is 16.3 Å². The number of hydrogen-bond acceptors (Lipinski definition) is 3. The monoisotopic (exact) mass is 262 g/mol. The Balaban J connectivity index is 2.17. The number of aromatic nitrogens is 2. The van der Waals surface area contributed by atoms with Gasteiger partial charge in [-0.15, -0.1) is 11.3 Å². The molecule has 0 bridgehead atoms. The summed E-state index contributed by atoms with van der Waals surface area (Å²) >= 11 is 1.73. The predicted octanol–water partition coefficient (Wildman–Crippen LogP) is 3.23. The fourth-order valence-corrected chi connectivity index (χ4v) is 3.69. The highest BCUT2D eigenvalue weighted by Gasteiger charge is 2.24. The van der Waals surface area contributed by atoms with Gasteiger partial charge in [-0.3, -0.25) is 4.57 Å². The number of thiazole rings is 1. The van der Waals surface area contributed by atoms with E-state index < -0.39 is 0 Å². The summed E-state index contributed by atoms with van der Waals surface area (Å²) in [6.07, 6.45) is 2.68. The molecular weight excluding hydrogens is 244 g/mol. The van der Waals surface area contributed by atoms with Crippen molar-refractivity contribution in [2.75, 3.05) is 0 Å². The van der Waals surface area contributed by atoms with Crippen LogP contribution in [0, 0.1) is 20.8 Å². The van der Waals surface area contributed by atoms with Crippen molar-refractivity contribution in [3.05, 3.63) is 33.6 Å². The van der Waals surface area contributed by atoms with Crippen LogP contribution in [0.2, 0.25) is 0 Å². The predicted molar refractivity (Wildman–Crippen MR) is 73.5 cm³/mol. The second kappa shape index (κ2) is 4.21. The second-order valence-corrected chi connectivity index (χ2v) is 6.25. The molecule has 0 aliphatic heterocycles. The lowest BCUT2D eigenvalue weighted by Gasteiger charge is -2.19. The first kappa shape index (κ1) is 11.9. The van der Waals surface area contributed by atoms with Crippen LogP contribution in [0.5, 0.6) is 0 Å². The van der Waals surface area contributed by atoms with Gasteiger partial charge in [0.2, 0.25) is 0 Å². The first-order valence-electron chi connectivity index (χ1n) is 6.41. The molecule has 1 aliphatic carbocycles. The average Bonchev–Trinajstić information content (AvgIpc) is 2.81. The third kappa shape index (κ3) is 1.71.